The first-order valence-electron chi connectivity index (χ1n) is 5.05. The highest BCUT2D eigenvalue weighted by Gasteiger charge is 2.32. The van der Waals surface area contributed by atoms with E-state index < -0.39 is 0 Å². The van der Waals surface area contributed by atoms with E-state index >= 15 is 0 Å². The highest BCUT2D eigenvalue weighted by molar-refractivity contribution is 9.10. The predicted octanol–water partition coefficient (Wildman–Crippen LogP) is 2.19. The Morgan fingerprint density at radius 3 is 2.82 bits per heavy atom. The van der Waals surface area contributed by atoms with Crippen molar-refractivity contribution >= 4 is 39.2 Å². The van der Waals surface area contributed by atoms with Gasteiger partial charge in [0.15, 0.2) is 5.11 Å². The monoisotopic (exact) mass is 316 g/mol. The summed E-state index contributed by atoms with van der Waals surface area (Å²) < 4.78 is 14.3. The summed E-state index contributed by atoms with van der Waals surface area (Å²) in [5, 5.41) is 3.20. The maximum atomic E-state index is 13.6. The first kappa shape index (κ1) is 12.4. The fourth-order valence-electron chi connectivity index (χ4n) is 1.63. The van der Waals surface area contributed by atoms with Crippen molar-refractivity contribution in [2.24, 2.45) is 0 Å². The lowest BCUT2D eigenvalue weighted by molar-refractivity contribution is -0.127. The number of carbonyl (C=O) groups is 1. The molecule has 0 radical (unpaired) electrons. The fourth-order valence-corrected chi connectivity index (χ4v) is 2.29. The number of thiocarbonyl (C=S) groups is 1. The highest BCUT2D eigenvalue weighted by Crippen LogP contribution is 2.18. The minimum absolute atomic E-state index is 0.127. The Morgan fingerprint density at radius 1 is 1.59 bits per heavy atom. The van der Waals surface area contributed by atoms with Gasteiger partial charge in [0.1, 0.15) is 11.9 Å². The van der Waals surface area contributed by atoms with Crippen molar-refractivity contribution in [1.82, 2.24) is 10.2 Å². The van der Waals surface area contributed by atoms with Crippen LogP contribution in [0, 0.1) is 5.82 Å². The summed E-state index contributed by atoms with van der Waals surface area (Å²) in [6.07, 6.45) is 0. The third kappa shape index (κ3) is 2.47. The van der Waals surface area contributed by atoms with E-state index in [4.69, 9.17) is 12.2 Å². The minimum Gasteiger partial charge on any atom is -0.351 e. The molecule has 0 saturated carbocycles. The van der Waals surface area contributed by atoms with E-state index in [-0.39, 0.29) is 24.3 Å². The zero-order valence-corrected chi connectivity index (χ0v) is 11.4. The van der Waals surface area contributed by atoms with Gasteiger partial charge in [-0.15, -0.1) is 0 Å². The first-order chi connectivity index (χ1) is 7.99. The van der Waals surface area contributed by atoms with Crippen LogP contribution in [0.2, 0.25) is 0 Å². The number of amides is 1. The lowest BCUT2D eigenvalue weighted by atomic mass is 10.2. The van der Waals surface area contributed by atoms with E-state index in [1.807, 2.05) is 0 Å². The van der Waals surface area contributed by atoms with Gasteiger partial charge in [0.25, 0.3) is 5.91 Å². The molecule has 1 fully saturated rings. The predicted molar refractivity (Wildman–Crippen MR) is 69.8 cm³/mol. The zero-order valence-electron chi connectivity index (χ0n) is 9.04. The molecule has 2 rings (SSSR count). The van der Waals surface area contributed by atoms with Gasteiger partial charge in [-0.1, -0.05) is 22.0 Å². The molecule has 1 heterocycles. The minimum atomic E-state index is -0.352. The summed E-state index contributed by atoms with van der Waals surface area (Å²) >= 11 is 8.21. The van der Waals surface area contributed by atoms with Gasteiger partial charge >= 0.3 is 0 Å². The Kier molecular flexibility index (Phi) is 3.44. The number of benzene rings is 1. The highest BCUT2D eigenvalue weighted by atomic mass is 79.9. The molecular weight excluding hydrogens is 307 g/mol. The van der Waals surface area contributed by atoms with E-state index in [2.05, 4.69) is 21.2 Å². The van der Waals surface area contributed by atoms with Gasteiger partial charge in [-0.25, -0.2) is 4.39 Å². The van der Waals surface area contributed by atoms with Crippen LogP contribution in [0.15, 0.2) is 22.7 Å². The molecule has 90 valence electrons. The van der Waals surface area contributed by atoms with Crippen molar-refractivity contribution in [3.05, 3.63) is 34.1 Å². The Hall–Kier alpha value is -1.01. The van der Waals surface area contributed by atoms with Crippen molar-refractivity contribution in [2.45, 2.75) is 19.5 Å². The fraction of sp³-hybridized carbons (Fsp3) is 0.273. The molecule has 1 aliphatic heterocycles. The van der Waals surface area contributed by atoms with Crippen LogP contribution in [0.3, 0.4) is 0 Å². The summed E-state index contributed by atoms with van der Waals surface area (Å²) in [6.45, 7) is 1.89. The van der Waals surface area contributed by atoms with Crippen molar-refractivity contribution in [3.63, 3.8) is 0 Å². The van der Waals surface area contributed by atoms with Crippen LogP contribution in [-0.4, -0.2) is 22.0 Å². The first-order valence-corrected chi connectivity index (χ1v) is 6.25. The third-order valence-electron chi connectivity index (χ3n) is 2.57. The summed E-state index contributed by atoms with van der Waals surface area (Å²) in [5.41, 5.74) is 0.444. The number of hydrogen-bond donors (Lipinski definition) is 1. The lowest BCUT2D eigenvalue weighted by Gasteiger charge is -2.15. The largest absolute Gasteiger partial charge is 0.351 e. The van der Waals surface area contributed by atoms with Crippen molar-refractivity contribution < 1.29 is 9.18 Å². The number of hydrogen-bond acceptors (Lipinski definition) is 2. The van der Waals surface area contributed by atoms with Gasteiger partial charge in [-0.05, 0) is 31.3 Å². The standard InChI is InChI=1S/C11H10BrFN2OS/c1-6-10(16)15(11(17)14-6)5-7-2-3-8(12)4-9(7)13/h2-4,6H,5H2,1H3,(H,14,17)/t6-/m0/s1. The molecule has 6 heteroatoms. The van der Waals surface area contributed by atoms with Crippen molar-refractivity contribution in [2.75, 3.05) is 0 Å². The number of halogens is 2. The van der Waals surface area contributed by atoms with E-state index in [1.54, 1.807) is 19.1 Å². The normalized spacial score (nSPS) is 19.7. The quantitative estimate of drug-likeness (QED) is 0.849. The SMILES string of the molecule is C[C@@H]1NC(=S)N(Cc2ccc(Br)cc2F)C1=O. The molecule has 0 aliphatic carbocycles. The molecule has 1 aliphatic rings. The Morgan fingerprint density at radius 2 is 2.29 bits per heavy atom. The molecule has 3 nitrogen and oxygen atoms in total. The second-order valence-corrected chi connectivity index (χ2v) is 5.13. The summed E-state index contributed by atoms with van der Waals surface area (Å²) in [7, 11) is 0. The Balaban J connectivity index is 2.21. The number of nitrogens with one attached hydrogen (secondary N) is 1. The lowest BCUT2D eigenvalue weighted by Crippen LogP contribution is -2.30. The van der Waals surface area contributed by atoms with Crippen LogP contribution < -0.4 is 5.32 Å². The summed E-state index contributed by atoms with van der Waals surface area (Å²) in [6, 6.07) is 4.41. The summed E-state index contributed by atoms with van der Waals surface area (Å²) in [4.78, 5) is 13.1. The summed E-state index contributed by atoms with van der Waals surface area (Å²) in [5.74, 6) is -0.480. The number of rotatable bonds is 2. The van der Waals surface area contributed by atoms with E-state index in [1.165, 1.54) is 11.0 Å². The third-order valence-corrected chi connectivity index (χ3v) is 3.40. The number of nitrogens with zero attached hydrogens (tertiary/aromatic N) is 1. The maximum Gasteiger partial charge on any atom is 0.251 e. The molecule has 0 bridgehead atoms. The van der Waals surface area contributed by atoms with Crippen LogP contribution in [0.1, 0.15) is 12.5 Å². The van der Waals surface area contributed by atoms with Gasteiger partial charge in [-0.3, -0.25) is 9.69 Å². The molecule has 17 heavy (non-hydrogen) atoms. The average Bonchev–Trinajstić information content (AvgIpc) is 2.48. The average molecular weight is 317 g/mol. The van der Waals surface area contributed by atoms with Crippen molar-refractivity contribution in [1.29, 1.82) is 0 Å². The smallest absolute Gasteiger partial charge is 0.251 e. The molecule has 1 atom stereocenters. The van der Waals surface area contributed by atoms with Crippen LogP contribution in [0.4, 0.5) is 4.39 Å². The van der Waals surface area contributed by atoms with Gasteiger partial charge in [0.05, 0.1) is 6.54 Å². The molecule has 0 unspecified atom stereocenters. The van der Waals surface area contributed by atoms with E-state index in [9.17, 15) is 9.18 Å². The second-order valence-electron chi connectivity index (χ2n) is 3.83. The molecule has 1 aromatic carbocycles. The molecule has 1 N–H and O–H groups in total. The zero-order chi connectivity index (χ0) is 12.6. The van der Waals surface area contributed by atoms with E-state index in [0.29, 0.717) is 15.1 Å². The van der Waals surface area contributed by atoms with Crippen LogP contribution >= 0.6 is 28.1 Å². The molecule has 0 spiro atoms. The van der Waals surface area contributed by atoms with Crippen molar-refractivity contribution in [3.8, 4) is 0 Å². The maximum absolute atomic E-state index is 13.6. The molecule has 1 aromatic rings. The number of carbonyl (C=O) groups excluding carboxylic acids is 1. The Labute approximate surface area is 112 Å². The van der Waals surface area contributed by atoms with Crippen LogP contribution in [0.25, 0.3) is 0 Å². The molecule has 1 amide bonds. The van der Waals surface area contributed by atoms with Gasteiger partial charge in [0, 0.05) is 10.0 Å². The molecule has 0 aromatic heterocycles. The Bertz CT molecular complexity index is 494. The molecular formula is C11H10BrFN2OS. The van der Waals surface area contributed by atoms with Gasteiger partial charge in [0.2, 0.25) is 0 Å². The topological polar surface area (TPSA) is 32.3 Å². The van der Waals surface area contributed by atoms with E-state index in [0.717, 1.165) is 0 Å². The van der Waals surface area contributed by atoms with Gasteiger partial charge < -0.3 is 5.32 Å². The second kappa shape index (κ2) is 4.70. The molecule has 1 saturated heterocycles. The van der Waals surface area contributed by atoms with Gasteiger partial charge in [-0.2, -0.15) is 0 Å². The van der Waals surface area contributed by atoms with Crippen LogP contribution in [0.5, 0.6) is 0 Å². The van der Waals surface area contributed by atoms with Crippen LogP contribution in [-0.2, 0) is 11.3 Å².